The molecule has 2 N–H and O–H groups in total. The van der Waals surface area contributed by atoms with Crippen LogP contribution in [0.15, 0.2) is 77.7 Å². The number of hydrogen-bond acceptors (Lipinski definition) is 8. The molecule has 0 fully saturated rings. The number of para-hydroxylation sites is 1. The Labute approximate surface area is 249 Å². The average Bonchev–Trinajstić information content (AvgIpc) is 3.36. The second-order valence-corrected chi connectivity index (χ2v) is 13.4. The van der Waals surface area contributed by atoms with Gasteiger partial charge < -0.3 is 15.0 Å². The maximum Gasteiger partial charge on any atom is 0.410 e. The highest BCUT2D eigenvalue weighted by atomic mass is 32.2. The van der Waals surface area contributed by atoms with Gasteiger partial charge in [0.15, 0.2) is 0 Å². The summed E-state index contributed by atoms with van der Waals surface area (Å²) in [5, 5.41) is 12.5. The lowest BCUT2D eigenvalue weighted by Gasteiger charge is -2.24. The minimum Gasteiger partial charge on any atom is -0.444 e. The number of benzene rings is 3. The number of nitriles is 1. The lowest BCUT2D eigenvalue weighted by Crippen LogP contribution is -2.38. The molecule has 0 aliphatic carbocycles. The zero-order valence-electron chi connectivity index (χ0n) is 23.6. The molecule has 0 saturated heterocycles. The quantitative estimate of drug-likeness (QED) is 0.266. The van der Waals surface area contributed by atoms with Crippen molar-refractivity contribution >= 4 is 49.3 Å². The normalized spacial score (nSPS) is 12.4. The number of fused-ring (bicyclic) bond motifs is 1. The number of thiazole rings is 1. The molecule has 0 spiro atoms. The van der Waals surface area contributed by atoms with Crippen molar-refractivity contribution in [3.05, 3.63) is 88.9 Å². The molecule has 10 nitrogen and oxygen atoms in total. The molecular formula is C30H31N5O5S2. The number of carbonyl (C=O) groups is 2. The standard InChI is InChI=1S/C30H31N5O5S2/c1-30(2,3)40-29(37)35(4)19-27(36)32-22-11-8-12-23(17-22)42(38,39)34-25(16-20-9-7-10-21(15-20)18-31)28-33-24-13-5-6-14-26(24)41-28/h5-15,17,25,34H,16,19H2,1-4H3,(H,32,36). The lowest BCUT2D eigenvalue weighted by atomic mass is 10.0. The monoisotopic (exact) mass is 605 g/mol. The summed E-state index contributed by atoms with van der Waals surface area (Å²) < 4.78 is 36.2. The summed E-state index contributed by atoms with van der Waals surface area (Å²) in [6.07, 6.45) is -0.387. The third kappa shape index (κ3) is 8.13. The number of rotatable bonds is 9. The van der Waals surface area contributed by atoms with Crippen LogP contribution < -0.4 is 10.0 Å². The fourth-order valence-electron chi connectivity index (χ4n) is 4.04. The maximum absolute atomic E-state index is 13.6. The van der Waals surface area contributed by atoms with E-state index in [2.05, 4.69) is 21.1 Å². The largest absolute Gasteiger partial charge is 0.444 e. The predicted octanol–water partition coefficient (Wildman–Crippen LogP) is 5.24. The molecule has 0 bridgehead atoms. The number of ether oxygens (including phenoxy) is 1. The number of sulfonamides is 1. The summed E-state index contributed by atoms with van der Waals surface area (Å²) >= 11 is 1.39. The fraction of sp³-hybridized carbons (Fsp3) is 0.267. The van der Waals surface area contributed by atoms with E-state index in [1.54, 1.807) is 45.0 Å². The number of hydrogen-bond donors (Lipinski definition) is 2. The molecule has 1 unspecified atom stereocenters. The van der Waals surface area contributed by atoms with Crippen molar-refractivity contribution in [2.24, 2.45) is 0 Å². The van der Waals surface area contributed by atoms with Gasteiger partial charge in [-0.15, -0.1) is 11.3 Å². The number of anilines is 1. The van der Waals surface area contributed by atoms with Crippen LogP contribution in [0.4, 0.5) is 10.5 Å². The smallest absolute Gasteiger partial charge is 0.410 e. The van der Waals surface area contributed by atoms with Crippen molar-refractivity contribution in [1.29, 1.82) is 5.26 Å². The molecule has 0 radical (unpaired) electrons. The first-order valence-electron chi connectivity index (χ1n) is 13.0. The third-order valence-electron chi connectivity index (χ3n) is 5.92. The number of amides is 2. The van der Waals surface area contributed by atoms with Gasteiger partial charge in [0.1, 0.15) is 17.2 Å². The first-order chi connectivity index (χ1) is 19.8. The Morgan fingerprint density at radius 2 is 1.81 bits per heavy atom. The molecule has 4 aromatic rings. The second-order valence-electron chi connectivity index (χ2n) is 10.6. The Bertz CT molecular complexity index is 1720. The predicted molar refractivity (Wildman–Crippen MR) is 161 cm³/mol. The number of nitrogens with one attached hydrogen (secondary N) is 2. The fourth-order valence-corrected chi connectivity index (χ4v) is 6.38. The second kappa shape index (κ2) is 12.7. The topological polar surface area (TPSA) is 141 Å². The van der Waals surface area contributed by atoms with E-state index in [1.165, 1.54) is 36.6 Å². The van der Waals surface area contributed by atoms with E-state index in [1.807, 2.05) is 30.3 Å². The zero-order valence-corrected chi connectivity index (χ0v) is 25.3. The van der Waals surface area contributed by atoms with Gasteiger partial charge in [0.25, 0.3) is 0 Å². The molecule has 1 heterocycles. The Balaban J connectivity index is 1.54. The summed E-state index contributed by atoms with van der Waals surface area (Å²) in [5.41, 5.74) is 1.54. The van der Waals surface area contributed by atoms with Crippen LogP contribution >= 0.6 is 11.3 Å². The lowest BCUT2D eigenvalue weighted by molar-refractivity contribution is -0.117. The molecule has 3 aromatic carbocycles. The molecule has 0 aliphatic heterocycles. The summed E-state index contributed by atoms with van der Waals surface area (Å²) in [6.45, 7) is 4.89. The molecule has 0 saturated carbocycles. The molecule has 218 valence electrons. The van der Waals surface area contributed by atoms with Crippen molar-refractivity contribution in [3.63, 3.8) is 0 Å². The van der Waals surface area contributed by atoms with Crippen molar-refractivity contribution in [2.75, 3.05) is 18.9 Å². The van der Waals surface area contributed by atoms with E-state index < -0.39 is 33.7 Å². The Hall–Kier alpha value is -4.31. The van der Waals surface area contributed by atoms with Gasteiger partial charge in [-0.05, 0) is 75.2 Å². The highest BCUT2D eigenvalue weighted by Crippen LogP contribution is 2.30. The SMILES string of the molecule is CN(CC(=O)Nc1cccc(S(=O)(=O)NC(Cc2cccc(C#N)c2)c2nc3ccccc3s2)c1)C(=O)OC(C)(C)C. The molecule has 12 heteroatoms. The summed E-state index contributed by atoms with van der Waals surface area (Å²) in [4.78, 5) is 30.5. The van der Waals surface area contributed by atoms with Crippen molar-refractivity contribution in [3.8, 4) is 6.07 Å². The van der Waals surface area contributed by atoms with E-state index in [9.17, 15) is 23.3 Å². The Morgan fingerprint density at radius 1 is 1.07 bits per heavy atom. The van der Waals surface area contributed by atoms with Gasteiger partial charge >= 0.3 is 6.09 Å². The van der Waals surface area contributed by atoms with Crippen LogP contribution in [0.25, 0.3) is 10.2 Å². The van der Waals surface area contributed by atoms with Gasteiger partial charge in [0.05, 0.1) is 32.8 Å². The van der Waals surface area contributed by atoms with Crippen molar-refractivity contribution in [1.82, 2.24) is 14.6 Å². The molecule has 0 aliphatic rings. The molecular weight excluding hydrogens is 574 g/mol. The van der Waals surface area contributed by atoms with Crippen LogP contribution in [0.3, 0.4) is 0 Å². The highest BCUT2D eigenvalue weighted by Gasteiger charge is 2.26. The van der Waals surface area contributed by atoms with Crippen LogP contribution in [-0.2, 0) is 26.0 Å². The van der Waals surface area contributed by atoms with Gasteiger partial charge in [-0.25, -0.2) is 22.9 Å². The van der Waals surface area contributed by atoms with E-state index in [-0.39, 0.29) is 23.5 Å². The van der Waals surface area contributed by atoms with Gasteiger partial charge in [-0.1, -0.05) is 30.3 Å². The van der Waals surface area contributed by atoms with E-state index in [0.29, 0.717) is 10.6 Å². The van der Waals surface area contributed by atoms with Crippen molar-refractivity contribution in [2.45, 2.75) is 43.7 Å². The van der Waals surface area contributed by atoms with Crippen LogP contribution in [0, 0.1) is 11.3 Å². The van der Waals surface area contributed by atoms with Crippen LogP contribution in [0.2, 0.25) is 0 Å². The van der Waals surface area contributed by atoms with Gasteiger partial charge in [-0.3, -0.25) is 4.79 Å². The van der Waals surface area contributed by atoms with Crippen molar-refractivity contribution < 1.29 is 22.7 Å². The van der Waals surface area contributed by atoms with Crippen LogP contribution in [0.1, 0.15) is 42.9 Å². The van der Waals surface area contributed by atoms with Gasteiger partial charge in [-0.2, -0.15) is 5.26 Å². The summed E-state index contributed by atoms with van der Waals surface area (Å²) in [5.74, 6) is -0.518. The molecule has 4 rings (SSSR count). The Morgan fingerprint density at radius 3 is 2.52 bits per heavy atom. The van der Waals surface area contributed by atoms with E-state index in [4.69, 9.17) is 4.74 Å². The first kappa shape index (κ1) is 30.6. The van der Waals surface area contributed by atoms with E-state index >= 15 is 0 Å². The minimum absolute atomic E-state index is 0.0577. The number of nitrogens with zero attached hydrogens (tertiary/aromatic N) is 3. The van der Waals surface area contributed by atoms with E-state index in [0.717, 1.165) is 20.7 Å². The summed E-state index contributed by atoms with van der Waals surface area (Å²) in [7, 11) is -2.64. The van der Waals surface area contributed by atoms with Crippen LogP contribution in [-0.4, -0.2) is 49.5 Å². The number of likely N-dealkylation sites (N-methyl/N-ethyl adjacent to an activating group) is 1. The molecule has 1 atom stereocenters. The third-order valence-corrected chi connectivity index (χ3v) is 8.54. The highest BCUT2D eigenvalue weighted by molar-refractivity contribution is 7.89. The number of carbonyl (C=O) groups excluding carboxylic acids is 2. The molecule has 2 amide bonds. The molecule has 42 heavy (non-hydrogen) atoms. The minimum atomic E-state index is -4.08. The number of aromatic nitrogens is 1. The first-order valence-corrected chi connectivity index (χ1v) is 15.3. The van der Waals surface area contributed by atoms with Gasteiger partial charge in [0.2, 0.25) is 15.9 Å². The zero-order chi connectivity index (χ0) is 30.5. The Kier molecular flexibility index (Phi) is 9.26. The molecule has 1 aromatic heterocycles. The van der Waals surface area contributed by atoms with Crippen LogP contribution in [0.5, 0.6) is 0 Å². The maximum atomic E-state index is 13.6. The average molecular weight is 606 g/mol. The summed E-state index contributed by atoms with van der Waals surface area (Å²) in [6, 6.07) is 21.8. The van der Waals surface area contributed by atoms with Gasteiger partial charge in [0, 0.05) is 12.7 Å².